The molecule has 0 aliphatic heterocycles. The Hall–Kier alpha value is -5.54. The number of thiophene rings is 2. The van der Waals surface area contributed by atoms with Crippen LogP contribution in [0.1, 0.15) is 0 Å². The second-order valence-corrected chi connectivity index (χ2v) is 15.0. The maximum Gasteiger partial charge on any atom is 0.0362 e. The number of benzene rings is 9. The molecular weight excluding hydrogens is 617 g/mol. The summed E-state index contributed by atoms with van der Waals surface area (Å²) in [7, 11) is 0. The van der Waals surface area contributed by atoms with Crippen LogP contribution in [-0.4, -0.2) is 0 Å². The van der Waals surface area contributed by atoms with Crippen molar-refractivity contribution in [3.8, 4) is 22.3 Å². The first-order chi connectivity index (χ1) is 23.8. The third kappa shape index (κ3) is 3.70. The van der Waals surface area contributed by atoms with E-state index in [1.54, 1.807) is 0 Å². The lowest BCUT2D eigenvalue weighted by atomic mass is 9.85. The number of hydrogen-bond acceptors (Lipinski definition) is 2. The van der Waals surface area contributed by atoms with Crippen LogP contribution in [0.25, 0.3) is 106 Å². The third-order valence-corrected chi connectivity index (χ3v) is 12.5. The van der Waals surface area contributed by atoms with Gasteiger partial charge in [0.15, 0.2) is 0 Å². The monoisotopic (exact) mass is 642 g/mol. The first-order valence-electron chi connectivity index (χ1n) is 16.4. The summed E-state index contributed by atoms with van der Waals surface area (Å²) in [5.41, 5.74) is 5.13. The average molecular weight is 643 g/mol. The van der Waals surface area contributed by atoms with Gasteiger partial charge in [-0.2, -0.15) is 0 Å². The van der Waals surface area contributed by atoms with Crippen molar-refractivity contribution >= 4 is 106 Å². The molecular formula is C46H26S2. The van der Waals surface area contributed by atoms with E-state index in [0.717, 1.165) is 0 Å². The molecule has 0 spiro atoms. The Bertz CT molecular complexity index is 3060. The molecule has 0 nitrogen and oxygen atoms in total. The van der Waals surface area contributed by atoms with E-state index in [2.05, 4.69) is 158 Å². The Kier molecular flexibility index (Phi) is 5.51. The Labute approximate surface area is 284 Å². The fourth-order valence-electron chi connectivity index (χ4n) is 8.15. The zero-order valence-electron chi connectivity index (χ0n) is 25.8. The van der Waals surface area contributed by atoms with Crippen molar-refractivity contribution in [1.29, 1.82) is 0 Å². The van der Waals surface area contributed by atoms with Gasteiger partial charge in [0.1, 0.15) is 0 Å². The number of rotatable bonds is 2. The molecule has 222 valence electrons. The van der Waals surface area contributed by atoms with Crippen LogP contribution in [-0.2, 0) is 0 Å². The minimum atomic E-state index is 1.26. The highest BCUT2D eigenvalue weighted by atomic mass is 32.1. The summed E-state index contributed by atoms with van der Waals surface area (Å²) in [5.74, 6) is 0. The maximum atomic E-state index is 2.45. The molecule has 0 atom stereocenters. The Morgan fingerprint density at radius 2 is 0.750 bits per heavy atom. The minimum Gasteiger partial charge on any atom is -0.135 e. The summed E-state index contributed by atoms with van der Waals surface area (Å²) in [5, 5.41) is 15.9. The highest BCUT2D eigenvalue weighted by Gasteiger charge is 2.19. The Morgan fingerprint density at radius 1 is 0.271 bits per heavy atom. The lowest BCUT2D eigenvalue weighted by molar-refractivity contribution is 1.69. The van der Waals surface area contributed by atoms with Crippen LogP contribution < -0.4 is 0 Å². The van der Waals surface area contributed by atoms with Crippen LogP contribution in [0.3, 0.4) is 0 Å². The summed E-state index contributed by atoms with van der Waals surface area (Å²) in [6.07, 6.45) is 0. The molecule has 2 heterocycles. The maximum absolute atomic E-state index is 2.45. The van der Waals surface area contributed by atoms with E-state index in [0.29, 0.717) is 0 Å². The van der Waals surface area contributed by atoms with Crippen molar-refractivity contribution in [3.05, 3.63) is 158 Å². The molecule has 11 aromatic rings. The van der Waals surface area contributed by atoms with Crippen molar-refractivity contribution in [2.75, 3.05) is 0 Å². The smallest absolute Gasteiger partial charge is 0.0362 e. The van der Waals surface area contributed by atoms with Gasteiger partial charge in [0.2, 0.25) is 0 Å². The zero-order valence-corrected chi connectivity index (χ0v) is 27.5. The van der Waals surface area contributed by atoms with Gasteiger partial charge in [-0.25, -0.2) is 0 Å². The second-order valence-electron chi connectivity index (χ2n) is 12.8. The van der Waals surface area contributed by atoms with E-state index < -0.39 is 0 Å². The molecule has 11 rings (SSSR count). The molecule has 2 heteroatoms. The lowest BCUT2D eigenvalue weighted by Crippen LogP contribution is -1.90. The number of fused-ring (bicyclic) bond motifs is 12. The third-order valence-electron chi connectivity index (χ3n) is 10.2. The van der Waals surface area contributed by atoms with Crippen LogP contribution in [0.2, 0.25) is 0 Å². The first-order valence-corrected chi connectivity index (χ1v) is 18.1. The molecule has 0 unspecified atom stereocenters. The largest absolute Gasteiger partial charge is 0.135 e. The van der Waals surface area contributed by atoms with Gasteiger partial charge in [-0.3, -0.25) is 0 Å². The molecule has 0 N–H and O–H groups in total. The normalized spacial score (nSPS) is 12.2. The summed E-state index contributed by atoms with van der Waals surface area (Å²) in [6.45, 7) is 0. The average Bonchev–Trinajstić information content (AvgIpc) is 3.71. The summed E-state index contributed by atoms with van der Waals surface area (Å²) in [6, 6.07) is 58.8. The predicted molar refractivity (Wildman–Crippen MR) is 213 cm³/mol. The van der Waals surface area contributed by atoms with Crippen LogP contribution in [0.15, 0.2) is 158 Å². The van der Waals surface area contributed by atoms with Crippen LogP contribution in [0.5, 0.6) is 0 Å². The molecule has 0 aliphatic carbocycles. The molecule has 48 heavy (non-hydrogen) atoms. The molecule has 0 radical (unpaired) electrons. The van der Waals surface area contributed by atoms with E-state index in [1.807, 2.05) is 22.7 Å². The number of hydrogen-bond donors (Lipinski definition) is 0. The SMILES string of the molecule is c1ccc2cc(-c3c4ccccc4c(-c4ccc5c(c4)sc4ccc6ccc7sc8ccccc8c7c6c45)c4ccccc34)ccc2c1. The second kappa shape index (κ2) is 9.98. The van der Waals surface area contributed by atoms with Crippen molar-refractivity contribution in [2.24, 2.45) is 0 Å². The van der Waals surface area contributed by atoms with Gasteiger partial charge in [0.25, 0.3) is 0 Å². The highest BCUT2D eigenvalue weighted by molar-refractivity contribution is 7.27. The fourth-order valence-corrected chi connectivity index (χ4v) is 10.4. The Morgan fingerprint density at radius 3 is 1.42 bits per heavy atom. The molecule has 0 aliphatic rings. The molecule has 0 amide bonds. The molecule has 0 fully saturated rings. The molecule has 9 aromatic carbocycles. The molecule has 0 bridgehead atoms. The minimum absolute atomic E-state index is 1.26. The fraction of sp³-hybridized carbons (Fsp3) is 0. The van der Waals surface area contributed by atoms with Gasteiger partial charge in [-0.05, 0) is 90.3 Å². The summed E-state index contributed by atoms with van der Waals surface area (Å²) >= 11 is 3.82. The topological polar surface area (TPSA) is 0 Å². The van der Waals surface area contributed by atoms with Gasteiger partial charge >= 0.3 is 0 Å². The van der Waals surface area contributed by atoms with Gasteiger partial charge < -0.3 is 0 Å². The Balaban J connectivity index is 1.20. The summed E-state index contributed by atoms with van der Waals surface area (Å²) in [4.78, 5) is 0. The van der Waals surface area contributed by atoms with Crippen molar-refractivity contribution in [1.82, 2.24) is 0 Å². The van der Waals surface area contributed by atoms with Gasteiger partial charge in [0, 0.05) is 45.7 Å². The van der Waals surface area contributed by atoms with Gasteiger partial charge in [-0.15, -0.1) is 22.7 Å². The van der Waals surface area contributed by atoms with E-state index in [4.69, 9.17) is 0 Å². The van der Waals surface area contributed by atoms with Gasteiger partial charge in [0.05, 0.1) is 0 Å². The van der Waals surface area contributed by atoms with Gasteiger partial charge in [-0.1, -0.05) is 127 Å². The highest BCUT2D eigenvalue weighted by Crippen LogP contribution is 2.48. The molecule has 2 aromatic heterocycles. The van der Waals surface area contributed by atoms with E-state index >= 15 is 0 Å². The summed E-state index contributed by atoms with van der Waals surface area (Å²) < 4.78 is 5.39. The lowest BCUT2D eigenvalue weighted by Gasteiger charge is -2.18. The van der Waals surface area contributed by atoms with E-state index in [9.17, 15) is 0 Å². The quantitative estimate of drug-likeness (QED) is 0.165. The van der Waals surface area contributed by atoms with Crippen molar-refractivity contribution < 1.29 is 0 Å². The van der Waals surface area contributed by atoms with Crippen molar-refractivity contribution in [3.63, 3.8) is 0 Å². The molecule has 0 saturated heterocycles. The molecule has 0 saturated carbocycles. The standard InChI is InChI=1S/C46H26S2/c1-2-10-29-25-30(18-17-27(29)9-1)42-32-11-3-5-13-34(32)43(35-14-6-4-12-33(35)42)31-19-22-37-41(26-31)48-40-24-21-28-20-23-39-45(44(28)46(37)40)36-15-7-8-16-38(36)47-39/h1-26H. The van der Waals surface area contributed by atoms with Crippen LogP contribution in [0.4, 0.5) is 0 Å². The first kappa shape index (κ1) is 26.5. The van der Waals surface area contributed by atoms with Crippen LogP contribution in [0, 0.1) is 0 Å². The van der Waals surface area contributed by atoms with E-state index in [1.165, 1.54) is 106 Å². The van der Waals surface area contributed by atoms with Crippen LogP contribution >= 0.6 is 22.7 Å². The van der Waals surface area contributed by atoms with E-state index in [-0.39, 0.29) is 0 Å². The zero-order chi connectivity index (χ0) is 31.3. The predicted octanol–water partition coefficient (Wildman–Crippen LogP) is 14.4. The van der Waals surface area contributed by atoms with Crippen molar-refractivity contribution in [2.45, 2.75) is 0 Å².